The van der Waals surface area contributed by atoms with Crippen molar-refractivity contribution in [2.45, 2.75) is 30.2 Å². The van der Waals surface area contributed by atoms with Gasteiger partial charge in [0.1, 0.15) is 0 Å². The molecule has 0 radical (unpaired) electrons. The Hall–Kier alpha value is -0.390. The van der Waals surface area contributed by atoms with E-state index in [0.29, 0.717) is 0 Å². The van der Waals surface area contributed by atoms with Gasteiger partial charge in [-0.25, -0.2) is 0 Å². The molecular formula is C19H29IN2. The highest BCUT2D eigenvalue weighted by Gasteiger charge is 2.15. The third kappa shape index (κ3) is 6.39. The molecular weight excluding hydrogens is 383 g/mol. The largest absolute Gasteiger partial charge is 0.308 e. The lowest BCUT2D eigenvalue weighted by molar-refractivity contribution is 0.195. The summed E-state index contributed by atoms with van der Waals surface area (Å²) in [6.45, 7) is 4.60. The predicted octanol–water partition coefficient (Wildman–Crippen LogP) is 4.34. The Morgan fingerprint density at radius 1 is 1.14 bits per heavy atom. The first-order valence-corrected chi connectivity index (χ1v) is 9.86. The number of halogens is 1. The fourth-order valence-electron chi connectivity index (χ4n) is 3.03. The number of hydrogen-bond donors (Lipinski definition) is 0. The average Bonchev–Trinajstić information content (AvgIpc) is 2.54. The molecule has 0 heterocycles. The summed E-state index contributed by atoms with van der Waals surface area (Å²) in [4.78, 5) is 4.94. The van der Waals surface area contributed by atoms with E-state index in [0.717, 1.165) is 30.0 Å². The minimum absolute atomic E-state index is 0.833. The molecule has 1 aliphatic rings. The molecule has 0 fully saturated rings. The predicted molar refractivity (Wildman–Crippen MR) is 104 cm³/mol. The Labute approximate surface area is 149 Å². The molecule has 0 saturated carbocycles. The van der Waals surface area contributed by atoms with Crippen LogP contribution in [0.4, 0.5) is 0 Å². The van der Waals surface area contributed by atoms with Crippen LogP contribution in [0.25, 0.3) is 0 Å². The van der Waals surface area contributed by atoms with E-state index >= 15 is 0 Å². The van der Waals surface area contributed by atoms with Crippen molar-refractivity contribution in [3.05, 3.63) is 47.5 Å². The second-order valence-electron chi connectivity index (χ2n) is 6.64. The molecule has 1 atom stereocenters. The molecule has 2 rings (SSSR count). The lowest BCUT2D eigenvalue weighted by Gasteiger charge is -2.29. The normalized spacial score (nSPS) is 18.3. The van der Waals surface area contributed by atoms with Gasteiger partial charge in [0.25, 0.3) is 0 Å². The van der Waals surface area contributed by atoms with Crippen LogP contribution in [0.15, 0.2) is 36.4 Å². The summed E-state index contributed by atoms with van der Waals surface area (Å²) < 4.78 is 1.09. The highest BCUT2D eigenvalue weighted by molar-refractivity contribution is 14.1. The maximum Gasteiger partial charge on any atom is 0.0247 e. The molecule has 0 aliphatic heterocycles. The minimum Gasteiger partial charge on any atom is -0.308 e. The molecule has 0 amide bonds. The van der Waals surface area contributed by atoms with Crippen molar-refractivity contribution in [1.29, 1.82) is 0 Å². The molecule has 0 aromatic heterocycles. The third-order valence-corrected chi connectivity index (χ3v) is 5.19. The molecule has 0 N–H and O–H groups in total. The van der Waals surface area contributed by atoms with Crippen molar-refractivity contribution >= 4 is 22.6 Å². The van der Waals surface area contributed by atoms with Crippen LogP contribution >= 0.6 is 22.6 Å². The molecule has 1 aromatic carbocycles. The molecule has 22 heavy (non-hydrogen) atoms. The fraction of sp³-hybridized carbons (Fsp3) is 0.579. The fourth-order valence-corrected chi connectivity index (χ4v) is 3.51. The van der Waals surface area contributed by atoms with Crippen molar-refractivity contribution in [3.63, 3.8) is 0 Å². The Morgan fingerprint density at radius 3 is 2.64 bits per heavy atom. The highest BCUT2D eigenvalue weighted by Crippen LogP contribution is 2.20. The van der Waals surface area contributed by atoms with Crippen LogP contribution < -0.4 is 0 Å². The van der Waals surface area contributed by atoms with Gasteiger partial charge in [0, 0.05) is 30.6 Å². The number of nitrogens with zero attached hydrogens (tertiary/aromatic N) is 2. The zero-order valence-electron chi connectivity index (χ0n) is 14.0. The minimum atomic E-state index is 0.833. The van der Waals surface area contributed by atoms with Crippen LogP contribution in [0.1, 0.15) is 30.4 Å². The lowest BCUT2D eigenvalue weighted by atomic mass is 9.93. The van der Waals surface area contributed by atoms with Crippen molar-refractivity contribution in [2.24, 2.45) is 5.92 Å². The molecule has 1 unspecified atom stereocenters. The van der Waals surface area contributed by atoms with E-state index in [9.17, 15) is 0 Å². The number of allylic oxidation sites excluding steroid dienone is 2. The van der Waals surface area contributed by atoms with Gasteiger partial charge in [-0.1, -0.05) is 59.0 Å². The van der Waals surface area contributed by atoms with Gasteiger partial charge in [0.15, 0.2) is 0 Å². The molecule has 1 aromatic rings. The molecule has 0 spiro atoms. The van der Waals surface area contributed by atoms with E-state index in [-0.39, 0.29) is 0 Å². The summed E-state index contributed by atoms with van der Waals surface area (Å²) >= 11 is 2.45. The van der Waals surface area contributed by atoms with Crippen molar-refractivity contribution in [2.75, 3.05) is 33.7 Å². The Kier molecular flexibility index (Phi) is 7.90. The summed E-state index contributed by atoms with van der Waals surface area (Å²) in [5, 5.41) is 0. The first-order chi connectivity index (χ1) is 10.7. The van der Waals surface area contributed by atoms with E-state index in [2.05, 4.69) is 82.9 Å². The summed E-state index contributed by atoms with van der Waals surface area (Å²) in [6, 6.07) is 9.08. The van der Waals surface area contributed by atoms with Crippen molar-refractivity contribution < 1.29 is 0 Å². The summed E-state index contributed by atoms with van der Waals surface area (Å²) in [5.41, 5.74) is 2.89. The zero-order valence-corrected chi connectivity index (χ0v) is 16.1. The molecule has 0 bridgehead atoms. The van der Waals surface area contributed by atoms with Gasteiger partial charge >= 0.3 is 0 Å². The zero-order chi connectivity index (χ0) is 15.8. The smallest absolute Gasteiger partial charge is 0.0247 e. The van der Waals surface area contributed by atoms with Crippen LogP contribution in [0, 0.1) is 5.92 Å². The average molecular weight is 412 g/mol. The van der Waals surface area contributed by atoms with E-state index in [1.807, 2.05) is 0 Å². The number of alkyl halides is 1. The Balaban J connectivity index is 1.97. The van der Waals surface area contributed by atoms with Gasteiger partial charge in [-0.3, -0.25) is 4.90 Å². The monoisotopic (exact) mass is 412 g/mol. The van der Waals surface area contributed by atoms with Gasteiger partial charge in [0.05, 0.1) is 0 Å². The summed E-state index contributed by atoms with van der Waals surface area (Å²) in [6.07, 6.45) is 8.57. The second-order valence-corrected chi connectivity index (χ2v) is 7.41. The van der Waals surface area contributed by atoms with Crippen LogP contribution in [-0.4, -0.2) is 43.5 Å². The van der Waals surface area contributed by atoms with Gasteiger partial charge in [-0.05, 0) is 50.4 Å². The second kappa shape index (κ2) is 9.68. The first kappa shape index (κ1) is 18.0. The number of likely N-dealkylation sites (N-methyl/N-ethyl adjacent to an activating group) is 1. The third-order valence-electron chi connectivity index (χ3n) is 4.31. The molecule has 122 valence electrons. The number of hydrogen-bond acceptors (Lipinski definition) is 2. The number of benzene rings is 1. The van der Waals surface area contributed by atoms with Crippen LogP contribution in [-0.2, 0) is 11.0 Å². The maximum absolute atomic E-state index is 2.65. The van der Waals surface area contributed by atoms with Crippen LogP contribution in [0.3, 0.4) is 0 Å². The standard InChI is InChI=1S/C19H29IN2/c1-21(2)11-12-22(15-17-7-4-3-5-8-17)16-19-10-6-9-18(13-19)14-20/h3-4,6,9-10,13,17H,5,7-8,11-12,14-16H2,1-2H3. The molecule has 2 nitrogen and oxygen atoms in total. The van der Waals surface area contributed by atoms with E-state index < -0.39 is 0 Å². The highest BCUT2D eigenvalue weighted by atomic mass is 127. The first-order valence-electron chi connectivity index (χ1n) is 8.33. The molecule has 0 saturated heterocycles. The van der Waals surface area contributed by atoms with E-state index in [4.69, 9.17) is 0 Å². The lowest BCUT2D eigenvalue weighted by Crippen LogP contribution is -2.35. The van der Waals surface area contributed by atoms with E-state index in [1.165, 1.54) is 36.9 Å². The Morgan fingerprint density at radius 2 is 1.95 bits per heavy atom. The Bertz CT molecular complexity index is 470. The summed E-state index contributed by atoms with van der Waals surface area (Å²) in [5.74, 6) is 0.833. The summed E-state index contributed by atoms with van der Waals surface area (Å²) in [7, 11) is 4.33. The molecule has 3 heteroatoms. The van der Waals surface area contributed by atoms with Crippen LogP contribution in [0.2, 0.25) is 0 Å². The van der Waals surface area contributed by atoms with Crippen molar-refractivity contribution in [1.82, 2.24) is 9.80 Å². The van der Waals surface area contributed by atoms with Gasteiger partial charge in [-0.2, -0.15) is 0 Å². The van der Waals surface area contributed by atoms with Crippen LogP contribution in [0.5, 0.6) is 0 Å². The SMILES string of the molecule is CN(C)CCN(Cc1cccc(CI)c1)CC1CC=CCC1. The topological polar surface area (TPSA) is 6.48 Å². The van der Waals surface area contributed by atoms with Gasteiger partial charge in [-0.15, -0.1) is 0 Å². The maximum atomic E-state index is 2.65. The molecule has 1 aliphatic carbocycles. The van der Waals surface area contributed by atoms with E-state index in [1.54, 1.807) is 0 Å². The number of rotatable bonds is 8. The van der Waals surface area contributed by atoms with Gasteiger partial charge < -0.3 is 4.90 Å². The van der Waals surface area contributed by atoms with Gasteiger partial charge in [0.2, 0.25) is 0 Å². The quantitative estimate of drug-likeness (QED) is 0.356. The van der Waals surface area contributed by atoms with Crippen molar-refractivity contribution in [3.8, 4) is 0 Å².